The Morgan fingerprint density at radius 3 is 2.31 bits per heavy atom. The first-order chi connectivity index (χ1) is 6.17. The zero-order valence-corrected chi connectivity index (χ0v) is 9.42. The molecule has 80 valence electrons. The average molecular weight is 188 g/mol. The molecule has 0 aliphatic heterocycles. The van der Waals surface area contributed by atoms with Crippen molar-refractivity contribution in [3.63, 3.8) is 0 Å². The number of rotatable bonds is 7. The summed E-state index contributed by atoms with van der Waals surface area (Å²) < 4.78 is 5.07. The lowest BCUT2D eigenvalue weighted by molar-refractivity contribution is 0.108. The Hall–Kier alpha value is -0.120. The average Bonchev–Trinajstić information content (AvgIpc) is 2.11. The molecule has 3 nitrogen and oxygen atoms in total. The smallest absolute Gasteiger partial charge is 0.0589 e. The number of hydrogen-bond acceptors (Lipinski definition) is 3. The van der Waals surface area contributed by atoms with Crippen molar-refractivity contribution in [3.8, 4) is 0 Å². The van der Waals surface area contributed by atoms with Crippen molar-refractivity contribution < 1.29 is 4.74 Å². The molecule has 2 N–H and O–H groups in total. The van der Waals surface area contributed by atoms with Gasteiger partial charge < -0.3 is 10.5 Å². The lowest BCUT2D eigenvalue weighted by Gasteiger charge is -2.32. The van der Waals surface area contributed by atoms with Gasteiger partial charge in [0.05, 0.1) is 6.61 Å². The highest BCUT2D eigenvalue weighted by Crippen LogP contribution is 2.08. The van der Waals surface area contributed by atoms with Crippen molar-refractivity contribution in [2.24, 2.45) is 11.7 Å². The van der Waals surface area contributed by atoms with Gasteiger partial charge in [0.15, 0.2) is 0 Å². The minimum atomic E-state index is 0.486. The summed E-state index contributed by atoms with van der Waals surface area (Å²) in [6.45, 7) is 10.1. The third-order valence-corrected chi connectivity index (χ3v) is 2.47. The summed E-state index contributed by atoms with van der Waals surface area (Å²) in [6.07, 6.45) is 0. The second kappa shape index (κ2) is 7.30. The first-order valence-electron chi connectivity index (χ1n) is 5.10. The molecule has 0 aliphatic carbocycles. The van der Waals surface area contributed by atoms with Gasteiger partial charge in [0.25, 0.3) is 0 Å². The summed E-state index contributed by atoms with van der Waals surface area (Å²) in [5.41, 5.74) is 5.74. The largest absolute Gasteiger partial charge is 0.383 e. The molecule has 0 aliphatic rings. The Morgan fingerprint density at radius 1 is 1.38 bits per heavy atom. The van der Waals surface area contributed by atoms with Crippen molar-refractivity contribution in [2.45, 2.75) is 26.8 Å². The topological polar surface area (TPSA) is 38.5 Å². The SMILES string of the molecule is CCN(CCOC)C(CN)C(C)C. The highest BCUT2D eigenvalue weighted by atomic mass is 16.5. The normalized spacial score (nSPS) is 14.1. The van der Waals surface area contributed by atoms with Crippen molar-refractivity contribution in [1.82, 2.24) is 4.90 Å². The van der Waals surface area contributed by atoms with Crippen LogP contribution in [0.15, 0.2) is 0 Å². The molecule has 0 amide bonds. The molecule has 0 radical (unpaired) electrons. The molecule has 0 saturated heterocycles. The fourth-order valence-electron chi connectivity index (χ4n) is 1.61. The van der Waals surface area contributed by atoms with Gasteiger partial charge in [0.2, 0.25) is 0 Å². The van der Waals surface area contributed by atoms with Gasteiger partial charge in [0, 0.05) is 26.2 Å². The molecular weight excluding hydrogens is 164 g/mol. The van der Waals surface area contributed by atoms with Crippen LogP contribution in [0, 0.1) is 5.92 Å². The lowest BCUT2D eigenvalue weighted by atomic mass is 10.0. The van der Waals surface area contributed by atoms with Crippen LogP contribution < -0.4 is 5.73 Å². The van der Waals surface area contributed by atoms with Crippen LogP contribution in [0.3, 0.4) is 0 Å². The summed E-state index contributed by atoms with van der Waals surface area (Å²) in [6, 6.07) is 0.486. The molecule has 1 atom stereocenters. The van der Waals surface area contributed by atoms with E-state index in [0.29, 0.717) is 12.0 Å². The maximum atomic E-state index is 5.74. The standard InChI is InChI=1S/C10H24N2O/c1-5-12(6-7-13-4)10(8-11)9(2)3/h9-10H,5-8,11H2,1-4H3. The van der Waals surface area contributed by atoms with E-state index in [4.69, 9.17) is 10.5 Å². The molecule has 0 heterocycles. The van der Waals surface area contributed by atoms with E-state index < -0.39 is 0 Å². The Bertz CT molecular complexity index is 117. The third-order valence-electron chi connectivity index (χ3n) is 2.47. The van der Waals surface area contributed by atoms with E-state index in [-0.39, 0.29) is 0 Å². The number of hydrogen-bond donors (Lipinski definition) is 1. The van der Waals surface area contributed by atoms with E-state index in [0.717, 1.165) is 26.2 Å². The fraction of sp³-hybridized carbons (Fsp3) is 1.00. The Labute approximate surface area is 82.2 Å². The summed E-state index contributed by atoms with van der Waals surface area (Å²) in [5, 5.41) is 0. The van der Waals surface area contributed by atoms with E-state index in [1.54, 1.807) is 7.11 Å². The maximum absolute atomic E-state index is 5.74. The molecule has 0 rings (SSSR count). The molecule has 13 heavy (non-hydrogen) atoms. The zero-order chi connectivity index (χ0) is 10.3. The van der Waals surface area contributed by atoms with Crippen molar-refractivity contribution in [3.05, 3.63) is 0 Å². The van der Waals surface area contributed by atoms with Gasteiger partial charge in [0.1, 0.15) is 0 Å². The minimum Gasteiger partial charge on any atom is -0.383 e. The Balaban J connectivity index is 4.00. The van der Waals surface area contributed by atoms with Gasteiger partial charge in [-0.2, -0.15) is 0 Å². The van der Waals surface area contributed by atoms with Crippen LogP contribution in [0.5, 0.6) is 0 Å². The van der Waals surface area contributed by atoms with Crippen LogP contribution in [0.25, 0.3) is 0 Å². The van der Waals surface area contributed by atoms with Crippen LogP contribution in [0.4, 0.5) is 0 Å². The van der Waals surface area contributed by atoms with Crippen molar-refractivity contribution >= 4 is 0 Å². The summed E-state index contributed by atoms with van der Waals surface area (Å²) in [5.74, 6) is 0.613. The predicted octanol–water partition coefficient (Wildman–Crippen LogP) is 0.938. The molecule has 0 fully saturated rings. The number of ether oxygens (including phenoxy) is 1. The predicted molar refractivity (Wildman–Crippen MR) is 56.8 cm³/mol. The number of methoxy groups -OCH3 is 1. The second-order valence-corrected chi connectivity index (χ2v) is 3.67. The molecule has 0 aromatic rings. The van der Waals surface area contributed by atoms with E-state index in [2.05, 4.69) is 25.7 Å². The Morgan fingerprint density at radius 2 is 2.00 bits per heavy atom. The van der Waals surface area contributed by atoms with Gasteiger partial charge in [-0.1, -0.05) is 20.8 Å². The van der Waals surface area contributed by atoms with Gasteiger partial charge in [-0.3, -0.25) is 4.90 Å². The first-order valence-corrected chi connectivity index (χ1v) is 5.10. The van der Waals surface area contributed by atoms with E-state index in [9.17, 15) is 0 Å². The Kier molecular flexibility index (Phi) is 7.23. The number of nitrogens with zero attached hydrogens (tertiary/aromatic N) is 1. The molecule has 1 unspecified atom stereocenters. The number of nitrogens with two attached hydrogens (primary N) is 1. The molecule has 0 aromatic heterocycles. The van der Waals surface area contributed by atoms with Crippen molar-refractivity contribution in [2.75, 3.05) is 33.4 Å². The highest BCUT2D eigenvalue weighted by molar-refractivity contribution is 4.74. The van der Waals surface area contributed by atoms with Crippen LogP contribution in [0.2, 0.25) is 0 Å². The first kappa shape index (κ1) is 12.9. The fourth-order valence-corrected chi connectivity index (χ4v) is 1.61. The van der Waals surface area contributed by atoms with E-state index >= 15 is 0 Å². The molecule has 0 aromatic carbocycles. The molecule has 0 spiro atoms. The monoisotopic (exact) mass is 188 g/mol. The van der Waals surface area contributed by atoms with Crippen LogP contribution in [-0.2, 0) is 4.74 Å². The lowest BCUT2D eigenvalue weighted by Crippen LogP contribution is -2.45. The molecular formula is C10H24N2O. The van der Waals surface area contributed by atoms with Gasteiger partial charge in [-0.05, 0) is 12.5 Å². The highest BCUT2D eigenvalue weighted by Gasteiger charge is 2.18. The summed E-state index contributed by atoms with van der Waals surface area (Å²) >= 11 is 0. The quantitative estimate of drug-likeness (QED) is 0.646. The minimum absolute atomic E-state index is 0.486. The van der Waals surface area contributed by atoms with Crippen LogP contribution >= 0.6 is 0 Å². The molecule has 0 saturated carbocycles. The van der Waals surface area contributed by atoms with Gasteiger partial charge in [-0.15, -0.1) is 0 Å². The van der Waals surface area contributed by atoms with Gasteiger partial charge >= 0.3 is 0 Å². The van der Waals surface area contributed by atoms with Crippen LogP contribution in [-0.4, -0.2) is 44.3 Å². The second-order valence-electron chi connectivity index (χ2n) is 3.67. The molecule has 3 heteroatoms. The zero-order valence-electron chi connectivity index (χ0n) is 9.42. The summed E-state index contributed by atoms with van der Waals surface area (Å²) in [7, 11) is 1.74. The van der Waals surface area contributed by atoms with Gasteiger partial charge in [-0.25, -0.2) is 0 Å². The van der Waals surface area contributed by atoms with E-state index in [1.807, 2.05) is 0 Å². The van der Waals surface area contributed by atoms with Crippen molar-refractivity contribution in [1.29, 1.82) is 0 Å². The van der Waals surface area contributed by atoms with Crippen LogP contribution in [0.1, 0.15) is 20.8 Å². The number of likely N-dealkylation sites (N-methyl/N-ethyl adjacent to an activating group) is 1. The maximum Gasteiger partial charge on any atom is 0.0589 e. The van der Waals surface area contributed by atoms with E-state index in [1.165, 1.54) is 0 Å². The third kappa shape index (κ3) is 4.60. The summed E-state index contributed by atoms with van der Waals surface area (Å²) in [4.78, 5) is 2.38. The molecule has 0 bridgehead atoms.